The van der Waals surface area contributed by atoms with Crippen LogP contribution in [0, 0.1) is 11.6 Å². The summed E-state index contributed by atoms with van der Waals surface area (Å²) in [5.41, 5.74) is -0.0467. The molecule has 0 saturated carbocycles. The minimum Gasteiger partial charge on any atom is -0.465 e. The van der Waals surface area contributed by atoms with Crippen molar-refractivity contribution in [3.8, 4) is 0 Å². The fourth-order valence-electron chi connectivity index (χ4n) is 2.70. The number of aromatic nitrogens is 1. The van der Waals surface area contributed by atoms with Crippen molar-refractivity contribution < 1.29 is 26.7 Å². The average Bonchev–Trinajstić information content (AvgIpc) is 2.67. The summed E-state index contributed by atoms with van der Waals surface area (Å²) in [5, 5.41) is 0.0680. The zero-order chi connectivity index (χ0) is 20.3. The van der Waals surface area contributed by atoms with Crippen molar-refractivity contribution in [3.63, 3.8) is 0 Å². The van der Waals surface area contributed by atoms with Gasteiger partial charge in [0.15, 0.2) is 0 Å². The molecule has 0 radical (unpaired) electrons. The van der Waals surface area contributed by atoms with E-state index in [1.54, 1.807) is 6.92 Å². The monoisotopic (exact) mass is 406 g/mol. The number of sulfonamides is 1. The third-order valence-corrected chi connectivity index (χ3v) is 5.77. The van der Waals surface area contributed by atoms with E-state index in [-0.39, 0.29) is 28.1 Å². The minimum absolute atomic E-state index is 0.0656. The number of anilines is 1. The predicted molar refractivity (Wildman–Crippen MR) is 99.3 cm³/mol. The summed E-state index contributed by atoms with van der Waals surface area (Å²) in [5.74, 6) is -2.01. The highest BCUT2D eigenvalue weighted by Crippen LogP contribution is 2.29. The molecule has 0 aliphatic rings. The van der Waals surface area contributed by atoms with Gasteiger partial charge in [0.05, 0.1) is 17.2 Å². The molecule has 0 N–H and O–H groups in total. The van der Waals surface area contributed by atoms with Gasteiger partial charge < -0.3 is 4.74 Å². The van der Waals surface area contributed by atoms with Crippen LogP contribution in [0.2, 0.25) is 0 Å². The van der Waals surface area contributed by atoms with Crippen molar-refractivity contribution >= 4 is 32.6 Å². The number of rotatable bonds is 6. The van der Waals surface area contributed by atoms with Crippen molar-refractivity contribution in [2.75, 3.05) is 17.5 Å². The van der Waals surface area contributed by atoms with Crippen LogP contribution in [0.1, 0.15) is 6.92 Å². The molecule has 6 nitrogen and oxygen atoms in total. The molecule has 0 atom stereocenters. The van der Waals surface area contributed by atoms with E-state index in [2.05, 4.69) is 4.98 Å². The number of pyridine rings is 1. The topological polar surface area (TPSA) is 76.6 Å². The summed E-state index contributed by atoms with van der Waals surface area (Å²) < 4.78 is 59.7. The van der Waals surface area contributed by atoms with Crippen LogP contribution in [0.5, 0.6) is 0 Å². The number of fused-ring (bicyclic) bond motifs is 1. The Kier molecular flexibility index (Phi) is 5.55. The Bertz CT molecular complexity index is 1120. The highest BCUT2D eigenvalue weighted by molar-refractivity contribution is 7.93. The average molecular weight is 406 g/mol. The Balaban J connectivity index is 2.17. The summed E-state index contributed by atoms with van der Waals surface area (Å²) in [6.07, 6.45) is 1.35. The maximum absolute atomic E-state index is 14.0. The molecule has 146 valence electrons. The van der Waals surface area contributed by atoms with Crippen LogP contribution >= 0.6 is 0 Å². The quantitative estimate of drug-likeness (QED) is 0.587. The van der Waals surface area contributed by atoms with Crippen molar-refractivity contribution in [3.05, 3.63) is 66.4 Å². The summed E-state index contributed by atoms with van der Waals surface area (Å²) >= 11 is 0. The lowest BCUT2D eigenvalue weighted by Gasteiger charge is -2.24. The molecule has 3 rings (SSSR count). The molecule has 1 aromatic heterocycles. The van der Waals surface area contributed by atoms with Gasteiger partial charge in [0.2, 0.25) is 0 Å². The fraction of sp³-hybridized carbons (Fsp3) is 0.158. The summed E-state index contributed by atoms with van der Waals surface area (Å²) in [4.78, 5) is 15.7. The molecule has 0 aliphatic heterocycles. The molecule has 0 fully saturated rings. The predicted octanol–water partition coefficient (Wildman–Crippen LogP) is 3.27. The van der Waals surface area contributed by atoms with Crippen molar-refractivity contribution in [1.29, 1.82) is 0 Å². The summed E-state index contributed by atoms with van der Waals surface area (Å²) in [7, 11) is -4.32. The Morgan fingerprint density at radius 1 is 1.11 bits per heavy atom. The van der Waals surface area contributed by atoms with Crippen LogP contribution in [0.25, 0.3) is 10.9 Å². The van der Waals surface area contributed by atoms with E-state index >= 15 is 0 Å². The largest absolute Gasteiger partial charge is 0.465 e. The molecule has 9 heteroatoms. The van der Waals surface area contributed by atoms with E-state index in [1.807, 2.05) is 0 Å². The number of carbonyl (C=O) groups excluding carboxylic acids is 1. The van der Waals surface area contributed by atoms with Gasteiger partial charge in [0.1, 0.15) is 23.7 Å². The highest BCUT2D eigenvalue weighted by atomic mass is 32.2. The van der Waals surface area contributed by atoms with Gasteiger partial charge in [-0.05, 0) is 55.5 Å². The highest BCUT2D eigenvalue weighted by Gasteiger charge is 2.30. The van der Waals surface area contributed by atoms with Crippen LogP contribution in [0.15, 0.2) is 59.6 Å². The molecule has 2 aromatic carbocycles. The van der Waals surface area contributed by atoms with E-state index in [0.29, 0.717) is 0 Å². The molecule has 1 heterocycles. The van der Waals surface area contributed by atoms with Crippen LogP contribution in [-0.4, -0.2) is 32.5 Å². The van der Waals surface area contributed by atoms with E-state index in [1.165, 1.54) is 30.5 Å². The number of nitrogens with zero attached hydrogens (tertiary/aromatic N) is 2. The second-order valence-corrected chi connectivity index (χ2v) is 7.57. The Morgan fingerprint density at radius 2 is 1.82 bits per heavy atom. The molecule has 0 aliphatic carbocycles. The Morgan fingerprint density at radius 3 is 2.50 bits per heavy atom. The van der Waals surface area contributed by atoms with Gasteiger partial charge in [-0.25, -0.2) is 17.2 Å². The molecular weight excluding hydrogens is 390 g/mol. The second kappa shape index (κ2) is 7.89. The number of ether oxygens (including phenoxy) is 1. The molecule has 0 amide bonds. The van der Waals surface area contributed by atoms with Crippen molar-refractivity contribution in [2.45, 2.75) is 11.8 Å². The zero-order valence-electron chi connectivity index (χ0n) is 14.8. The van der Waals surface area contributed by atoms with E-state index < -0.39 is 34.2 Å². The van der Waals surface area contributed by atoms with Gasteiger partial charge >= 0.3 is 5.97 Å². The van der Waals surface area contributed by atoms with Gasteiger partial charge in [-0.3, -0.25) is 14.1 Å². The smallest absolute Gasteiger partial charge is 0.326 e. The lowest BCUT2D eigenvalue weighted by atomic mass is 10.2. The molecular formula is C19H16F2N2O4S. The van der Waals surface area contributed by atoms with Crippen molar-refractivity contribution in [1.82, 2.24) is 4.98 Å². The van der Waals surface area contributed by atoms with Gasteiger partial charge in [-0.15, -0.1) is 0 Å². The number of benzene rings is 2. The van der Waals surface area contributed by atoms with Gasteiger partial charge in [0.25, 0.3) is 10.0 Å². The molecule has 0 saturated heterocycles. The van der Waals surface area contributed by atoms with Crippen LogP contribution in [0.3, 0.4) is 0 Å². The number of halogens is 2. The second-order valence-electron chi connectivity index (χ2n) is 5.74. The SMILES string of the molecule is CCOC(=O)CN(c1ccc(F)cc1)S(=O)(=O)c1ccc(F)c2ncccc12. The maximum Gasteiger partial charge on any atom is 0.326 e. The summed E-state index contributed by atoms with van der Waals surface area (Å²) in [6, 6.07) is 9.62. The molecule has 0 bridgehead atoms. The van der Waals surface area contributed by atoms with E-state index in [4.69, 9.17) is 4.74 Å². The first-order valence-electron chi connectivity index (χ1n) is 8.31. The zero-order valence-corrected chi connectivity index (χ0v) is 15.6. The van der Waals surface area contributed by atoms with E-state index in [9.17, 15) is 22.0 Å². The third-order valence-electron chi connectivity index (χ3n) is 3.94. The number of carbonyl (C=O) groups is 1. The number of hydrogen-bond acceptors (Lipinski definition) is 5. The summed E-state index contributed by atoms with van der Waals surface area (Å²) in [6.45, 7) is 1.04. The molecule has 3 aromatic rings. The molecule has 28 heavy (non-hydrogen) atoms. The fourth-order valence-corrected chi connectivity index (χ4v) is 4.30. The normalized spacial score (nSPS) is 11.4. The van der Waals surface area contributed by atoms with Crippen LogP contribution in [0.4, 0.5) is 14.5 Å². The first kappa shape index (κ1) is 19.7. The maximum atomic E-state index is 14.0. The lowest BCUT2D eigenvalue weighted by molar-refractivity contribution is -0.141. The Labute approximate surface area is 160 Å². The third kappa shape index (κ3) is 3.79. The lowest BCUT2D eigenvalue weighted by Crippen LogP contribution is -2.36. The number of hydrogen-bond donors (Lipinski definition) is 0. The van der Waals surface area contributed by atoms with Gasteiger partial charge in [0, 0.05) is 11.6 Å². The van der Waals surface area contributed by atoms with E-state index in [0.717, 1.165) is 28.6 Å². The van der Waals surface area contributed by atoms with Gasteiger partial charge in [-0.2, -0.15) is 0 Å². The van der Waals surface area contributed by atoms with Crippen LogP contribution in [-0.2, 0) is 19.6 Å². The minimum atomic E-state index is -4.32. The van der Waals surface area contributed by atoms with Crippen molar-refractivity contribution in [2.24, 2.45) is 0 Å². The van der Waals surface area contributed by atoms with Gasteiger partial charge in [-0.1, -0.05) is 0 Å². The molecule has 0 spiro atoms. The number of esters is 1. The Hall–Kier alpha value is -3.07. The molecule has 0 unspecified atom stereocenters. The first-order valence-corrected chi connectivity index (χ1v) is 9.75. The standard InChI is InChI=1S/C19H16F2N2O4S/c1-2-27-18(24)12-23(14-7-5-13(20)6-8-14)28(25,26)17-10-9-16(21)19-15(17)4-3-11-22-19/h3-11H,2,12H2,1H3. The first-order chi connectivity index (χ1) is 13.3. The van der Waals surface area contributed by atoms with Crippen LogP contribution < -0.4 is 4.31 Å².